The number of Topliss-reactive ketones (excluding diaryl/α,β-unsaturated/α-hetero) is 2. The second kappa shape index (κ2) is 25.7. The number of ketones is 2. The van der Waals surface area contributed by atoms with Gasteiger partial charge in [-0.15, -0.1) is 0 Å². The van der Waals surface area contributed by atoms with E-state index in [-0.39, 0.29) is 81.3 Å². The van der Waals surface area contributed by atoms with E-state index in [9.17, 15) is 43.2 Å². The van der Waals surface area contributed by atoms with Crippen molar-refractivity contribution in [2.24, 2.45) is 5.41 Å². The molecule has 18 heteroatoms. The summed E-state index contributed by atoms with van der Waals surface area (Å²) in [5.41, 5.74) is -3.11. The maximum Gasteiger partial charge on any atom is 0.407 e. The Bertz CT molecular complexity index is 1710. The lowest BCUT2D eigenvalue weighted by atomic mass is 9.89. The third-order valence-corrected chi connectivity index (χ3v) is 7.89. The number of carbonyl (C=O) groups excluding carboxylic acids is 9. The summed E-state index contributed by atoms with van der Waals surface area (Å²) in [6.45, 7) is 17.4. The van der Waals surface area contributed by atoms with E-state index in [0.717, 1.165) is 50.3 Å². The second-order valence-corrected chi connectivity index (χ2v) is 13.3. The summed E-state index contributed by atoms with van der Waals surface area (Å²) >= 11 is 0. The highest BCUT2D eigenvalue weighted by Gasteiger charge is 2.31. The maximum atomic E-state index is 13.1. The van der Waals surface area contributed by atoms with Crippen LogP contribution >= 0.6 is 0 Å². The molecule has 1 rings (SSSR count). The molecule has 1 amide bonds. The molecule has 0 aliphatic carbocycles. The molecule has 0 aliphatic rings. The molecule has 1 aromatic carbocycles. The molecule has 0 unspecified atom stereocenters. The highest BCUT2D eigenvalue weighted by molar-refractivity contribution is 6.12. The first kappa shape index (κ1) is 50.6. The van der Waals surface area contributed by atoms with Crippen LogP contribution in [0.4, 0.5) is 4.79 Å². The summed E-state index contributed by atoms with van der Waals surface area (Å²) in [7, 11) is 0. The van der Waals surface area contributed by atoms with Gasteiger partial charge in [0, 0.05) is 66.9 Å². The molecule has 0 aromatic heterocycles. The molecule has 0 radical (unpaired) electrons. The van der Waals surface area contributed by atoms with E-state index in [2.05, 4.69) is 31.6 Å². The van der Waals surface area contributed by atoms with Gasteiger partial charge in [0.1, 0.15) is 32.0 Å². The average Bonchev–Trinajstić information content (AvgIpc) is 3.21. The van der Waals surface area contributed by atoms with Crippen molar-refractivity contribution in [3.8, 4) is 0 Å². The van der Waals surface area contributed by atoms with Crippen molar-refractivity contribution in [3.63, 3.8) is 0 Å². The lowest BCUT2D eigenvalue weighted by Crippen LogP contribution is -2.53. The molecule has 0 aliphatic heterocycles. The molecule has 0 atom stereocenters. The van der Waals surface area contributed by atoms with Crippen LogP contribution in [0.5, 0.6) is 0 Å². The topological polar surface area (TPSA) is 239 Å². The van der Waals surface area contributed by atoms with Crippen molar-refractivity contribution in [1.29, 1.82) is 0 Å². The average molecular weight is 830 g/mol. The Labute approximate surface area is 341 Å². The van der Waals surface area contributed by atoms with Gasteiger partial charge in [0.25, 0.3) is 0 Å². The van der Waals surface area contributed by atoms with Crippen LogP contribution in [0.2, 0.25) is 0 Å². The Hall–Kier alpha value is -6.43. The first-order valence-corrected chi connectivity index (χ1v) is 18.1. The number of ether oxygens (including phenoxy) is 8. The largest absolute Gasteiger partial charge is 0.462 e. The second-order valence-electron chi connectivity index (χ2n) is 13.3. The number of benzene rings is 1. The van der Waals surface area contributed by atoms with Crippen LogP contribution in [-0.4, -0.2) is 118 Å². The minimum Gasteiger partial charge on any atom is -0.462 e. The van der Waals surface area contributed by atoms with Gasteiger partial charge in [0.2, 0.25) is 0 Å². The summed E-state index contributed by atoms with van der Waals surface area (Å²) in [5.74, 6) is -5.99. The summed E-state index contributed by atoms with van der Waals surface area (Å²) in [4.78, 5) is 110. The number of rotatable bonds is 28. The Kier molecular flexibility index (Phi) is 22.1. The van der Waals surface area contributed by atoms with Crippen molar-refractivity contribution in [1.82, 2.24) is 5.32 Å². The number of hydrogen-bond acceptors (Lipinski definition) is 17. The summed E-state index contributed by atoms with van der Waals surface area (Å²) in [6, 6.07) is 2.15. The van der Waals surface area contributed by atoms with Crippen LogP contribution in [0, 0.1) is 5.41 Å². The predicted molar refractivity (Wildman–Crippen MR) is 207 cm³/mol. The molecule has 0 saturated carbocycles. The van der Waals surface area contributed by atoms with Crippen molar-refractivity contribution in [2.45, 2.75) is 52.5 Å². The minimum absolute atomic E-state index is 0.00843. The molecule has 0 fully saturated rings. The molecular formula is C41H51NO17. The van der Waals surface area contributed by atoms with Crippen molar-refractivity contribution < 1.29 is 81.0 Å². The van der Waals surface area contributed by atoms with E-state index in [1.807, 2.05) is 0 Å². The van der Waals surface area contributed by atoms with Gasteiger partial charge in [0.05, 0.1) is 30.9 Å². The normalized spacial score (nSPS) is 10.8. The number of carbonyl (C=O) groups is 9. The maximum absolute atomic E-state index is 13.1. The highest BCUT2D eigenvalue weighted by atomic mass is 16.6. The Morgan fingerprint density at radius 1 is 0.525 bits per heavy atom. The van der Waals surface area contributed by atoms with Gasteiger partial charge < -0.3 is 43.2 Å². The molecule has 0 spiro atoms. The Morgan fingerprint density at radius 2 is 0.898 bits per heavy atom. The molecule has 1 N–H and O–H groups in total. The molecule has 0 heterocycles. The van der Waals surface area contributed by atoms with Gasteiger partial charge in [0.15, 0.2) is 11.6 Å². The quantitative estimate of drug-likeness (QED) is 0.0413. The van der Waals surface area contributed by atoms with E-state index in [1.54, 1.807) is 6.92 Å². The molecule has 59 heavy (non-hydrogen) atoms. The van der Waals surface area contributed by atoms with Crippen molar-refractivity contribution >= 4 is 53.5 Å². The summed E-state index contributed by atoms with van der Waals surface area (Å²) in [5, 5.41) is 2.44. The van der Waals surface area contributed by atoms with E-state index in [1.165, 1.54) is 6.92 Å². The Morgan fingerprint density at radius 3 is 1.29 bits per heavy atom. The van der Waals surface area contributed by atoms with Crippen molar-refractivity contribution in [3.05, 3.63) is 85.0 Å². The van der Waals surface area contributed by atoms with Gasteiger partial charge in [-0.3, -0.25) is 9.59 Å². The monoisotopic (exact) mass is 829 g/mol. The van der Waals surface area contributed by atoms with E-state index in [4.69, 9.17) is 37.9 Å². The zero-order chi connectivity index (χ0) is 44.6. The summed E-state index contributed by atoms with van der Waals surface area (Å²) in [6.07, 6.45) is 3.41. The fraction of sp³-hybridized carbons (Fsp3) is 0.439. The molecule has 0 bridgehead atoms. The third-order valence-electron chi connectivity index (χ3n) is 7.89. The Balaban J connectivity index is 2.80. The number of hydrogen-bond donors (Lipinski definition) is 1. The smallest absolute Gasteiger partial charge is 0.407 e. The fourth-order valence-corrected chi connectivity index (χ4v) is 4.58. The molecule has 1 aromatic rings. The lowest BCUT2D eigenvalue weighted by Gasteiger charge is -2.28. The van der Waals surface area contributed by atoms with Gasteiger partial charge in [-0.2, -0.15) is 0 Å². The standard InChI is InChI=1S/C41H51NO17/c1-9-33(45)56-23-40(7,24-57-34(46)10-2)15-20-52-16-13-17-53-37(49)31-21-30(28(6)44)32(22-29(31)27(5)43)38(50)54-18-14-19-55-39(51)42-41(8,25-58-35(47)11-3)26-59-36(48)12-4/h9-12,21-22H,1-4,13-20,23-26H2,5-8H3,(H,42,51). The zero-order valence-corrected chi connectivity index (χ0v) is 33.7. The SMILES string of the molecule is C=CC(=O)OCC(C)(CCOCCCOC(=O)c1cc(C(C)=O)c(C(=O)OCCCOC(=O)NC(C)(COC(=O)C=C)COC(=O)C=C)cc1C(C)=O)COC(=O)C=C. The van der Waals surface area contributed by atoms with Crippen LogP contribution in [0.25, 0.3) is 0 Å². The minimum atomic E-state index is -1.40. The third kappa shape index (κ3) is 19.0. The summed E-state index contributed by atoms with van der Waals surface area (Å²) < 4.78 is 41.5. The molecule has 0 saturated heterocycles. The highest BCUT2D eigenvalue weighted by Crippen LogP contribution is 2.24. The number of amides is 1. The number of alkyl carbamates (subject to hydrolysis) is 1. The molecule has 18 nitrogen and oxygen atoms in total. The molecule has 322 valence electrons. The van der Waals surface area contributed by atoms with Crippen LogP contribution in [-0.2, 0) is 57.1 Å². The first-order chi connectivity index (χ1) is 27.8. The van der Waals surface area contributed by atoms with Gasteiger partial charge in [-0.05, 0) is 39.3 Å². The van der Waals surface area contributed by atoms with E-state index < -0.39 is 77.6 Å². The fourth-order valence-electron chi connectivity index (χ4n) is 4.58. The van der Waals surface area contributed by atoms with Gasteiger partial charge >= 0.3 is 41.9 Å². The zero-order valence-electron chi connectivity index (χ0n) is 33.7. The van der Waals surface area contributed by atoms with E-state index >= 15 is 0 Å². The van der Waals surface area contributed by atoms with E-state index in [0.29, 0.717) is 6.42 Å². The van der Waals surface area contributed by atoms with Crippen LogP contribution in [0.3, 0.4) is 0 Å². The van der Waals surface area contributed by atoms with Gasteiger partial charge in [-0.25, -0.2) is 33.6 Å². The van der Waals surface area contributed by atoms with Crippen LogP contribution in [0.1, 0.15) is 88.4 Å². The number of nitrogens with one attached hydrogen (secondary N) is 1. The van der Waals surface area contributed by atoms with Crippen LogP contribution < -0.4 is 5.32 Å². The first-order valence-electron chi connectivity index (χ1n) is 18.1. The molecular weight excluding hydrogens is 778 g/mol. The predicted octanol–water partition coefficient (Wildman–Crippen LogP) is 4.00. The lowest BCUT2D eigenvalue weighted by molar-refractivity contribution is -0.148. The number of esters is 6. The van der Waals surface area contributed by atoms with Gasteiger partial charge in [-0.1, -0.05) is 33.2 Å². The van der Waals surface area contributed by atoms with Crippen LogP contribution in [0.15, 0.2) is 62.8 Å². The van der Waals surface area contributed by atoms with Crippen molar-refractivity contribution in [2.75, 3.05) is 59.5 Å².